The molecule has 1 aliphatic heterocycles. The molecule has 3 rings (SSSR count). The highest BCUT2D eigenvalue weighted by Crippen LogP contribution is 2.42. The third-order valence-electron chi connectivity index (χ3n) is 7.60. The average Bonchev–Trinajstić information content (AvgIpc) is 2.86. The molecule has 1 heterocycles. The Morgan fingerprint density at radius 2 is 1.74 bits per heavy atom. The van der Waals surface area contributed by atoms with Crippen LogP contribution in [0.4, 0.5) is 0 Å². The molecule has 1 aromatic carbocycles. The molecule has 2 aliphatic rings. The Labute approximate surface area is 208 Å². The fourth-order valence-electron chi connectivity index (χ4n) is 5.51. The standard InChI is InChI=1S/C24H38N4O6S/c1-26(31)24(19-6-4-3-5-7-19)13-16-27(17-14-24)23(30)12-15-28(18-22(25)29)35(32,33)21-10-8-20(34-2)9-11-21/h8-11,19,31H,3-7,12-18H2,1-2H3,(H2,25,29). The van der Waals surface area contributed by atoms with Crippen molar-refractivity contribution in [1.82, 2.24) is 14.3 Å². The number of methoxy groups -OCH3 is 1. The Balaban J connectivity index is 1.64. The van der Waals surface area contributed by atoms with Crippen LogP contribution in [-0.4, -0.2) is 85.6 Å². The van der Waals surface area contributed by atoms with Crippen LogP contribution in [0.1, 0.15) is 51.4 Å². The van der Waals surface area contributed by atoms with E-state index in [2.05, 4.69) is 0 Å². The first kappa shape index (κ1) is 27.4. The first-order valence-corrected chi connectivity index (χ1v) is 13.7. The minimum Gasteiger partial charge on any atom is -0.497 e. The molecule has 0 unspecified atom stereocenters. The zero-order chi connectivity index (χ0) is 25.6. The second kappa shape index (κ2) is 11.7. The summed E-state index contributed by atoms with van der Waals surface area (Å²) in [5, 5.41) is 11.9. The van der Waals surface area contributed by atoms with E-state index in [9.17, 15) is 23.2 Å². The van der Waals surface area contributed by atoms with E-state index in [4.69, 9.17) is 10.5 Å². The van der Waals surface area contributed by atoms with Crippen LogP contribution in [0.25, 0.3) is 0 Å². The number of piperidine rings is 1. The third kappa shape index (κ3) is 6.32. The van der Waals surface area contributed by atoms with E-state index in [0.717, 1.165) is 17.1 Å². The lowest BCUT2D eigenvalue weighted by Gasteiger charge is -2.50. The monoisotopic (exact) mass is 510 g/mol. The topological polar surface area (TPSA) is 133 Å². The van der Waals surface area contributed by atoms with E-state index in [1.807, 2.05) is 0 Å². The van der Waals surface area contributed by atoms with Crippen molar-refractivity contribution >= 4 is 21.8 Å². The second-order valence-corrected chi connectivity index (χ2v) is 11.5. The zero-order valence-corrected chi connectivity index (χ0v) is 21.5. The van der Waals surface area contributed by atoms with Crippen molar-refractivity contribution in [3.63, 3.8) is 0 Å². The predicted octanol–water partition coefficient (Wildman–Crippen LogP) is 1.82. The summed E-state index contributed by atoms with van der Waals surface area (Å²) in [5.74, 6) is -0.0642. The number of primary amides is 1. The van der Waals surface area contributed by atoms with Gasteiger partial charge in [0.15, 0.2) is 0 Å². The Hall–Kier alpha value is -2.21. The summed E-state index contributed by atoms with van der Waals surface area (Å²) in [4.78, 5) is 26.3. The Morgan fingerprint density at radius 1 is 1.14 bits per heavy atom. The molecular formula is C24H38N4O6S. The minimum atomic E-state index is -4.03. The summed E-state index contributed by atoms with van der Waals surface area (Å²) in [6, 6.07) is 5.83. The number of likely N-dealkylation sites (tertiary alicyclic amines) is 1. The largest absolute Gasteiger partial charge is 0.497 e. The van der Waals surface area contributed by atoms with Gasteiger partial charge in [-0.2, -0.15) is 9.37 Å². The van der Waals surface area contributed by atoms with Crippen molar-refractivity contribution in [2.24, 2.45) is 11.7 Å². The van der Waals surface area contributed by atoms with Gasteiger partial charge < -0.3 is 20.6 Å². The Bertz CT molecular complexity index is 968. The van der Waals surface area contributed by atoms with Gasteiger partial charge >= 0.3 is 0 Å². The number of sulfonamides is 1. The van der Waals surface area contributed by atoms with Gasteiger partial charge in [-0.05, 0) is 55.9 Å². The normalized spacial score (nSPS) is 19.2. The van der Waals surface area contributed by atoms with Gasteiger partial charge in [0, 0.05) is 33.1 Å². The Morgan fingerprint density at radius 3 is 2.26 bits per heavy atom. The molecule has 0 bridgehead atoms. The molecule has 1 aliphatic carbocycles. The Kier molecular flexibility index (Phi) is 9.14. The zero-order valence-electron chi connectivity index (χ0n) is 20.7. The number of nitrogens with two attached hydrogens (primary N) is 1. The maximum absolute atomic E-state index is 13.1. The summed E-state index contributed by atoms with van der Waals surface area (Å²) in [5.41, 5.74) is 4.98. The van der Waals surface area contributed by atoms with Gasteiger partial charge in [-0.15, -0.1) is 0 Å². The van der Waals surface area contributed by atoms with Gasteiger partial charge in [-0.3, -0.25) is 9.59 Å². The van der Waals surface area contributed by atoms with E-state index in [1.54, 1.807) is 11.9 Å². The highest BCUT2D eigenvalue weighted by molar-refractivity contribution is 7.89. The van der Waals surface area contributed by atoms with Gasteiger partial charge in [0.05, 0.1) is 24.1 Å². The number of hydrogen-bond donors (Lipinski definition) is 2. The third-order valence-corrected chi connectivity index (χ3v) is 9.46. The van der Waals surface area contributed by atoms with Crippen LogP contribution < -0.4 is 10.5 Å². The number of benzene rings is 1. The number of hydrogen-bond acceptors (Lipinski definition) is 7. The molecule has 3 N–H and O–H groups in total. The maximum atomic E-state index is 13.1. The molecule has 0 atom stereocenters. The number of carbonyl (C=O) groups is 2. The van der Waals surface area contributed by atoms with Gasteiger partial charge in [-0.25, -0.2) is 8.42 Å². The lowest BCUT2D eigenvalue weighted by Crippen LogP contribution is -2.58. The highest BCUT2D eigenvalue weighted by atomic mass is 32.2. The van der Waals surface area contributed by atoms with Crippen LogP contribution in [-0.2, 0) is 19.6 Å². The van der Waals surface area contributed by atoms with Crippen LogP contribution in [0, 0.1) is 5.92 Å². The predicted molar refractivity (Wildman–Crippen MR) is 130 cm³/mol. The van der Waals surface area contributed by atoms with Crippen molar-refractivity contribution < 1.29 is 28.0 Å². The van der Waals surface area contributed by atoms with E-state index >= 15 is 0 Å². The van der Waals surface area contributed by atoms with Crippen molar-refractivity contribution in [2.45, 2.75) is 61.8 Å². The number of nitrogens with zero attached hydrogens (tertiary/aromatic N) is 3. The molecule has 1 aromatic rings. The number of rotatable bonds is 10. The van der Waals surface area contributed by atoms with Crippen molar-refractivity contribution in [1.29, 1.82) is 0 Å². The maximum Gasteiger partial charge on any atom is 0.243 e. The SMILES string of the molecule is COc1ccc(S(=O)(=O)N(CCC(=O)N2CCC(C3CCCCC3)(N(C)O)CC2)CC(N)=O)cc1. The van der Waals surface area contributed by atoms with E-state index in [-0.39, 0.29) is 29.3 Å². The molecule has 2 amide bonds. The summed E-state index contributed by atoms with van der Waals surface area (Å²) in [7, 11) is -0.840. The van der Waals surface area contributed by atoms with Gasteiger partial charge in [0.1, 0.15) is 5.75 Å². The number of amides is 2. The number of carbonyl (C=O) groups excluding carboxylic acids is 2. The van der Waals surface area contributed by atoms with Crippen LogP contribution in [0.2, 0.25) is 0 Å². The van der Waals surface area contributed by atoms with Crippen LogP contribution in [0.5, 0.6) is 5.75 Å². The van der Waals surface area contributed by atoms with E-state index in [1.165, 1.54) is 55.7 Å². The van der Waals surface area contributed by atoms with Gasteiger partial charge in [-0.1, -0.05) is 19.3 Å². The number of hydroxylamine groups is 2. The quantitative estimate of drug-likeness (QED) is 0.459. The second-order valence-electron chi connectivity index (χ2n) is 9.57. The minimum absolute atomic E-state index is 0.00628. The molecule has 196 valence electrons. The average molecular weight is 511 g/mol. The van der Waals surface area contributed by atoms with Crippen LogP contribution in [0.3, 0.4) is 0 Å². The molecule has 11 heteroatoms. The first-order valence-electron chi connectivity index (χ1n) is 12.2. The molecular weight excluding hydrogens is 472 g/mol. The summed E-state index contributed by atoms with van der Waals surface area (Å²) < 4.78 is 32.2. The summed E-state index contributed by atoms with van der Waals surface area (Å²) in [6.45, 7) is 0.338. The first-order chi connectivity index (χ1) is 16.6. The molecule has 1 saturated heterocycles. The molecule has 0 spiro atoms. The van der Waals surface area contributed by atoms with E-state index < -0.39 is 22.5 Å². The molecule has 0 radical (unpaired) electrons. The molecule has 0 aromatic heterocycles. The van der Waals surface area contributed by atoms with Crippen LogP contribution >= 0.6 is 0 Å². The lowest BCUT2D eigenvalue weighted by atomic mass is 9.69. The molecule has 1 saturated carbocycles. The van der Waals surface area contributed by atoms with Gasteiger partial charge in [0.25, 0.3) is 0 Å². The van der Waals surface area contributed by atoms with Crippen molar-refractivity contribution in [3.05, 3.63) is 24.3 Å². The lowest BCUT2D eigenvalue weighted by molar-refractivity contribution is -0.196. The number of ether oxygens (including phenoxy) is 1. The molecule has 2 fully saturated rings. The smallest absolute Gasteiger partial charge is 0.243 e. The summed E-state index contributed by atoms with van der Waals surface area (Å²) in [6.07, 6.45) is 7.02. The van der Waals surface area contributed by atoms with Gasteiger partial charge in [0.2, 0.25) is 21.8 Å². The fraction of sp³-hybridized carbons (Fsp3) is 0.667. The fourth-order valence-corrected chi connectivity index (χ4v) is 6.92. The molecule has 10 nitrogen and oxygen atoms in total. The summed E-state index contributed by atoms with van der Waals surface area (Å²) >= 11 is 0. The van der Waals surface area contributed by atoms with Crippen molar-refractivity contribution in [2.75, 3.05) is 40.3 Å². The van der Waals surface area contributed by atoms with E-state index in [0.29, 0.717) is 37.6 Å². The van der Waals surface area contributed by atoms with Crippen molar-refractivity contribution in [3.8, 4) is 5.75 Å². The molecule has 35 heavy (non-hydrogen) atoms. The van der Waals surface area contributed by atoms with Crippen LogP contribution in [0.15, 0.2) is 29.2 Å². The highest BCUT2D eigenvalue weighted by Gasteiger charge is 2.45.